The Kier molecular flexibility index (Phi) is 5.70. The van der Waals surface area contributed by atoms with E-state index < -0.39 is 0 Å². The van der Waals surface area contributed by atoms with Crippen molar-refractivity contribution in [2.24, 2.45) is 17.8 Å². The van der Waals surface area contributed by atoms with Gasteiger partial charge < -0.3 is 10.1 Å². The quantitative estimate of drug-likeness (QED) is 0.718. The Hall–Kier alpha value is -0.0800. The second kappa shape index (κ2) is 7.08. The van der Waals surface area contributed by atoms with Gasteiger partial charge in [0, 0.05) is 13.2 Å². The first-order chi connectivity index (χ1) is 9.15. The van der Waals surface area contributed by atoms with Gasteiger partial charge >= 0.3 is 0 Å². The Morgan fingerprint density at radius 1 is 1.16 bits per heavy atom. The molecule has 2 nitrogen and oxygen atoms in total. The monoisotopic (exact) mass is 267 g/mol. The van der Waals surface area contributed by atoms with Crippen molar-refractivity contribution in [2.75, 3.05) is 19.7 Å². The van der Waals surface area contributed by atoms with E-state index in [9.17, 15) is 0 Å². The van der Waals surface area contributed by atoms with E-state index in [1.165, 1.54) is 44.9 Å². The molecule has 0 saturated heterocycles. The Morgan fingerprint density at radius 2 is 1.84 bits per heavy atom. The zero-order chi connectivity index (χ0) is 13.7. The van der Waals surface area contributed by atoms with Gasteiger partial charge in [-0.3, -0.25) is 0 Å². The van der Waals surface area contributed by atoms with E-state index in [4.69, 9.17) is 4.74 Å². The van der Waals surface area contributed by atoms with Crippen LogP contribution in [0.2, 0.25) is 0 Å². The fourth-order valence-corrected chi connectivity index (χ4v) is 3.41. The molecule has 0 aromatic heterocycles. The normalized spacial score (nSPS) is 31.9. The predicted molar refractivity (Wildman–Crippen MR) is 81.4 cm³/mol. The van der Waals surface area contributed by atoms with E-state index in [-0.39, 0.29) is 5.60 Å². The van der Waals surface area contributed by atoms with Crippen LogP contribution in [0.25, 0.3) is 0 Å². The van der Waals surface area contributed by atoms with Crippen molar-refractivity contribution >= 4 is 0 Å². The summed E-state index contributed by atoms with van der Waals surface area (Å²) < 4.78 is 6.39. The molecule has 0 bridgehead atoms. The minimum Gasteiger partial charge on any atom is -0.374 e. The van der Waals surface area contributed by atoms with Crippen molar-refractivity contribution in [2.45, 2.75) is 71.3 Å². The van der Waals surface area contributed by atoms with Crippen LogP contribution in [0.4, 0.5) is 0 Å². The second-order valence-corrected chi connectivity index (χ2v) is 7.13. The van der Waals surface area contributed by atoms with E-state index in [0.29, 0.717) is 0 Å². The summed E-state index contributed by atoms with van der Waals surface area (Å²) in [7, 11) is 0. The molecule has 0 aromatic rings. The van der Waals surface area contributed by atoms with E-state index in [1.807, 2.05) is 0 Å². The SMILES string of the molecule is CCNCC1(OCCC2CC2)CCC(C(C)C)CC1. The molecule has 2 saturated carbocycles. The number of nitrogens with one attached hydrogen (secondary N) is 1. The molecule has 0 atom stereocenters. The van der Waals surface area contributed by atoms with Crippen LogP contribution in [0.5, 0.6) is 0 Å². The molecule has 112 valence electrons. The summed E-state index contributed by atoms with van der Waals surface area (Å²) in [5.74, 6) is 2.74. The van der Waals surface area contributed by atoms with Crippen LogP contribution in [0.15, 0.2) is 0 Å². The lowest BCUT2D eigenvalue weighted by atomic mass is 9.74. The smallest absolute Gasteiger partial charge is 0.0806 e. The molecular formula is C17H33NO. The second-order valence-electron chi connectivity index (χ2n) is 7.13. The third kappa shape index (κ3) is 4.75. The van der Waals surface area contributed by atoms with Gasteiger partial charge in [-0.15, -0.1) is 0 Å². The lowest BCUT2D eigenvalue weighted by molar-refractivity contribution is -0.0809. The third-order valence-corrected chi connectivity index (χ3v) is 5.21. The molecule has 0 spiro atoms. The number of likely N-dealkylation sites (N-methyl/N-ethyl adjacent to an activating group) is 1. The fraction of sp³-hybridized carbons (Fsp3) is 1.00. The summed E-state index contributed by atoms with van der Waals surface area (Å²) in [6, 6.07) is 0. The maximum atomic E-state index is 6.39. The lowest BCUT2D eigenvalue weighted by Gasteiger charge is -2.41. The van der Waals surface area contributed by atoms with Crippen LogP contribution >= 0.6 is 0 Å². The number of ether oxygens (including phenoxy) is 1. The Morgan fingerprint density at radius 3 is 2.37 bits per heavy atom. The van der Waals surface area contributed by atoms with Gasteiger partial charge in [-0.05, 0) is 56.4 Å². The molecule has 0 unspecified atom stereocenters. The largest absolute Gasteiger partial charge is 0.374 e. The first kappa shape index (κ1) is 15.3. The molecule has 0 heterocycles. The van der Waals surface area contributed by atoms with Crippen molar-refractivity contribution in [1.82, 2.24) is 5.32 Å². The van der Waals surface area contributed by atoms with Crippen molar-refractivity contribution in [1.29, 1.82) is 0 Å². The van der Waals surface area contributed by atoms with Crippen molar-refractivity contribution in [3.63, 3.8) is 0 Å². The molecule has 2 heteroatoms. The summed E-state index contributed by atoms with van der Waals surface area (Å²) in [4.78, 5) is 0. The van der Waals surface area contributed by atoms with E-state index in [1.54, 1.807) is 0 Å². The highest BCUT2D eigenvalue weighted by Crippen LogP contribution is 2.39. The summed E-state index contributed by atoms with van der Waals surface area (Å²) in [5.41, 5.74) is 0.149. The maximum Gasteiger partial charge on any atom is 0.0806 e. The van der Waals surface area contributed by atoms with E-state index in [2.05, 4.69) is 26.1 Å². The maximum absolute atomic E-state index is 6.39. The average Bonchev–Trinajstić information content (AvgIpc) is 3.21. The molecule has 2 fully saturated rings. The zero-order valence-electron chi connectivity index (χ0n) is 13.2. The highest BCUT2D eigenvalue weighted by Gasteiger charge is 2.37. The van der Waals surface area contributed by atoms with Crippen molar-refractivity contribution in [3.8, 4) is 0 Å². The van der Waals surface area contributed by atoms with Gasteiger partial charge in [-0.1, -0.05) is 33.6 Å². The molecular weight excluding hydrogens is 234 g/mol. The van der Waals surface area contributed by atoms with Crippen LogP contribution in [-0.4, -0.2) is 25.3 Å². The first-order valence-corrected chi connectivity index (χ1v) is 8.50. The fourth-order valence-electron chi connectivity index (χ4n) is 3.41. The zero-order valence-corrected chi connectivity index (χ0v) is 13.2. The third-order valence-electron chi connectivity index (χ3n) is 5.21. The number of hydrogen-bond donors (Lipinski definition) is 1. The van der Waals surface area contributed by atoms with Crippen molar-refractivity contribution < 1.29 is 4.74 Å². The molecule has 0 aliphatic heterocycles. The molecule has 0 aromatic carbocycles. The van der Waals surface area contributed by atoms with Crippen LogP contribution in [0.3, 0.4) is 0 Å². The standard InChI is InChI=1S/C17H33NO/c1-4-18-13-17(19-12-9-15-5-6-15)10-7-16(8-11-17)14(2)3/h14-16,18H,4-13H2,1-3H3. The van der Waals surface area contributed by atoms with Crippen LogP contribution in [-0.2, 0) is 4.74 Å². The van der Waals surface area contributed by atoms with Crippen molar-refractivity contribution in [3.05, 3.63) is 0 Å². The topological polar surface area (TPSA) is 21.3 Å². The molecule has 19 heavy (non-hydrogen) atoms. The summed E-state index contributed by atoms with van der Waals surface area (Å²) in [5, 5.41) is 3.53. The molecule has 2 aliphatic rings. The molecule has 2 rings (SSSR count). The summed E-state index contributed by atoms with van der Waals surface area (Å²) in [6.07, 6.45) is 9.40. The lowest BCUT2D eigenvalue weighted by Crippen LogP contribution is -2.46. The van der Waals surface area contributed by atoms with Gasteiger partial charge in [-0.2, -0.15) is 0 Å². The predicted octanol–water partition coefficient (Wildman–Crippen LogP) is 4.00. The van der Waals surface area contributed by atoms with Gasteiger partial charge in [0.25, 0.3) is 0 Å². The Balaban J connectivity index is 1.80. The van der Waals surface area contributed by atoms with Gasteiger partial charge in [0.2, 0.25) is 0 Å². The summed E-state index contributed by atoms with van der Waals surface area (Å²) in [6.45, 7) is 10.0. The van der Waals surface area contributed by atoms with Gasteiger partial charge in [0.15, 0.2) is 0 Å². The molecule has 0 amide bonds. The van der Waals surface area contributed by atoms with Crippen LogP contribution in [0, 0.1) is 17.8 Å². The van der Waals surface area contributed by atoms with E-state index in [0.717, 1.165) is 37.5 Å². The highest BCUT2D eigenvalue weighted by atomic mass is 16.5. The van der Waals surface area contributed by atoms with Gasteiger partial charge in [0.05, 0.1) is 5.60 Å². The number of hydrogen-bond acceptors (Lipinski definition) is 2. The summed E-state index contributed by atoms with van der Waals surface area (Å²) >= 11 is 0. The number of rotatable bonds is 8. The first-order valence-electron chi connectivity index (χ1n) is 8.50. The van der Waals surface area contributed by atoms with Crippen LogP contribution in [0.1, 0.15) is 65.7 Å². The minimum atomic E-state index is 0.149. The van der Waals surface area contributed by atoms with Crippen LogP contribution < -0.4 is 5.32 Å². The van der Waals surface area contributed by atoms with Gasteiger partial charge in [0.1, 0.15) is 0 Å². The van der Waals surface area contributed by atoms with E-state index >= 15 is 0 Å². The molecule has 1 N–H and O–H groups in total. The Bertz CT molecular complexity index is 246. The minimum absolute atomic E-state index is 0.149. The molecule has 0 radical (unpaired) electrons. The van der Waals surface area contributed by atoms with Gasteiger partial charge in [-0.25, -0.2) is 0 Å². The average molecular weight is 267 g/mol. The molecule has 2 aliphatic carbocycles. The highest BCUT2D eigenvalue weighted by molar-refractivity contribution is 4.90. The Labute approximate surface area is 119 Å².